The fourth-order valence-corrected chi connectivity index (χ4v) is 6.80. The zero-order valence-corrected chi connectivity index (χ0v) is 17.4. The van der Waals surface area contributed by atoms with E-state index in [1.54, 1.807) is 23.0 Å². The van der Waals surface area contributed by atoms with Crippen LogP contribution in [0.3, 0.4) is 0 Å². The summed E-state index contributed by atoms with van der Waals surface area (Å²) in [6.07, 6.45) is 10.2. The van der Waals surface area contributed by atoms with Crippen molar-refractivity contribution in [1.82, 2.24) is 9.78 Å². The minimum atomic E-state index is -0.249. The lowest BCUT2D eigenvalue weighted by Crippen LogP contribution is -2.47. The molecule has 0 radical (unpaired) electrons. The highest BCUT2D eigenvalue weighted by molar-refractivity contribution is 9.10. The van der Waals surface area contributed by atoms with Gasteiger partial charge in [0, 0.05) is 18.2 Å². The number of nitrogens with one attached hydrogen (secondary N) is 1. The molecule has 0 unspecified atom stereocenters. The molecule has 28 heavy (non-hydrogen) atoms. The van der Waals surface area contributed by atoms with Crippen LogP contribution in [0.5, 0.6) is 0 Å². The average molecular weight is 446 g/mol. The predicted octanol–water partition coefficient (Wildman–Crippen LogP) is 5.38. The number of hydrogen-bond acceptors (Lipinski definition) is 2. The van der Waals surface area contributed by atoms with Gasteiger partial charge in [-0.15, -0.1) is 0 Å². The Morgan fingerprint density at radius 1 is 1.18 bits per heavy atom. The molecule has 0 saturated heterocycles. The lowest BCUT2D eigenvalue weighted by Gasteiger charge is -2.56. The molecule has 4 aliphatic carbocycles. The van der Waals surface area contributed by atoms with Crippen LogP contribution < -0.4 is 5.32 Å². The van der Waals surface area contributed by atoms with Crippen molar-refractivity contribution in [2.24, 2.45) is 23.2 Å². The summed E-state index contributed by atoms with van der Waals surface area (Å²) in [7, 11) is 0. The van der Waals surface area contributed by atoms with Gasteiger partial charge in [-0.05, 0) is 83.7 Å². The molecular weight excluding hydrogens is 421 g/mol. The summed E-state index contributed by atoms with van der Waals surface area (Å²) < 4.78 is 16.3. The summed E-state index contributed by atoms with van der Waals surface area (Å²) in [5.41, 5.74) is 0.782. The van der Waals surface area contributed by atoms with Gasteiger partial charge in [-0.25, -0.2) is 4.39 Å². The Bertz CT molecular complexity index is 874. The summed E-state index contributed by atoms with van der Waals surface area (Å²) in [5.74, 6) is 2.84. The quantitative estimate of drug-likeness (QED) is 0.671. The molecule has 4 aliphatic rings. The Hall–Kier alpha value is -1.69. The third-order valence-electron chi connectivity index (χ3n) is 6.97. The zero-order chi connectivity index (χ0) is 19.3. The fraction of sp³-hybridized carbons (Fsp3) is 0.545. The van der Waals surface area contributed by atoms with Gasteiger partial charge in [-0.2, -0.15) is 5.10 Å². The first-order valence-corrected chi connectivity index (χ1v) is 11.0. The van der Waals surface area contributed by atoms with Crippen molar-refractivity contribution in [2.75, 3.05) is 5.32 Å². The molecule has 4 fully saturated rings. The Labute approximate surface area is 173 Å². The molecule has 1 N–H and O–H groups in total. The van der Waals surface area contributed by atoms with Gasteiger partial charge in [0.25, 0.3) is 0 Å². The number of halogens is 2. The lowest BCUT2D eigenvalue weighted by atomic mass is 9.49. The van der Waals surface area contributed by atoms with Crippen LogP contribution in [0.15, 0.2) is 34.9 Å². The normalized spacial score (nSPS) is 30.6. The number of benzene rings is 1. The zero-order valence-electron chi connectivity index (χ0n) is 15.8. The molecule has 4 saturated carbocycles. The number of rotatable bonds is 5. The molecule has 0 aliphatic heterocycles. The molecule has 1 amide bonds. The van der Waals surface area contributed by atoms with Gasteiger partial charge in [0.15, 0.2) is 5.82 Å². The van der Waals surface area contributed by atoms with E-state index in [9.17, 15) is 9.18 Å². The van der Waals surface area contributed by atoms with E-state index >= 15 is 0 Å². The van der Waals surface area contributed by atoms with E-state index in [0.29, 0.717) is 24.3 Å². The van der Waals surface area contributed by atoms with E-state index < -0.39 is 0 Å². The summed E-state index contributed by atoms with van der Waals surface area (Å²) in [4.78, 5) is 12.8. The van der Waals surface area contributed by atoms with Crippen molar-refractivity contribution in [2.45, 2.75) is 51.5 Å². The SMILES string of the molecule is O=C(CC12CC3CC(CC(C3)C1)C2)Nc1nn(Cc2ccccc2F)cc1Br. The van der Waals surface area contributed by atoms with Crippen molar-refractivity contribution >= 4 is 27.7 Å². The highest BCUT2D eigenvalue weighted by Gasteiger charge is 2.51. The van der Waals surface area contributed by atoms with Crippen LogP contribution in [0.1, 0.15) is 50.5 Å². The van der Waals surface area contributed by atoms with Gasteiger partial charge in [-0.3, -0.25) is 9.48 Å². The van der Waals surface area contributed by atoms with Crippen LogP contribution in [0.4, 0.5) is 10.2 Å². The maximum Gasteiger partial charge on any atom is 0.226 e. The Kier molecular flexibility index (Phi) is 4.57. The minimum Gasteiger partial charge on any atom is -0.308 e. The van der Waals surface area contributed by atoms with Crippen LogP contribution in [0.25, 0.3) is 0 Å². The number of nitrogens with zero attached hydrogens (tertiary/aromatic N) is 2. The average Bonchev–Trinajstić information content (AvgIpc) is 2.94. The van der Waals surface area contributed by atoms with Crippen LogP contribution in [0.2, 0.25) is 0 Å². The van der Waals surface area contributed by atoms with Crippen LogP contribution in [-0.4, -0.2) is 15.7 Å². The number of amides is 1. The smallest absolute Gasteiger partial charge is 0.226 e. The molecule has 6 rings (SSSR count). The molecule has 148 valence electrons. The second kappa shape index (κ2) is 6.97. The second-order valence-corrected chi connectivity index (χ2v) is 10.1. The van der Waals surface area contributed by atoms with Crippen molar-refractivity contribution in [3.63, 3.8) is 0 Å². The number of carbonyl (C=O) groups is 1. The van der Waals surface area contributed by atoms with Gasteiger partial charge in [0.05, 0.1) is 11.0 Å². The molecule has 1 aromatic heterocycles. The largest absolute Gasteiger partial charge is 0.308 e. The van der Waals surface area contributed by atoms with Gasteiger partial charge < -0.3 is 5.32 Å². The summed E-state index contributed by atoms with van der Waals surface area (Å²) >= 11 is 3.48. The van der Waals surface area contributed by atoms with Crippen LogP contribution >= 0.6 is 15.9 Å². The van der Waals surface area contributed by atoms with E-state index in [2.05, 4.69) is 26.3 Å². The van der Waals surface area contributed by atoms with Gasteiger partial charge in [-0.1, -0.05) is 18.2 Å². The molecule has 4 nitrogen and oxygen atoms in total. The molecule has 0 spiro atoms. The fourth-order valence-electron chi connectivity index (χ4n) is 6.39. The molecule has 6 heteroatoms. The third kappa shape index (κ3) is 3.51. The monoisotopic (exact) mass is 445 g/mol. The summed E-state index contributed by atoms with van der Waals surface area (Å²) in [5, 5.41) is 7.45. The number of anilines is 1. The molecule has 2 aromatic rings. The predicted molar refractivity (Wildman–Crippen MR) is 109 cm³/mol. The maximum atomic E-state index is 13.9. The molecule has 1 aromatic carbocycles. The number of carbonyl (C=O) groups excluding carboxylic acids is 1. The standard InChI is InChI=1S/C22H25BrFN3O/c23-18-13-27(12-17-3-1-2-4-19(17)24)26-21(18)25-20(28)11-22-8-14-5-15(9-22)7-16(6-14)10-22/h1-4,13-16H,5-12H2,(H,25,26,28). The third-order valence-corrected chi connectivity index (χ3v) is 7.55. The highest BCUT2D eigenvalue weighted by atomic mass is 79.9. The first-order valence-electron chi connectivity index (χ1n) is 10.2. The topological polar surface area (TPSA) is 46.9 Å². The first kappa shape index (κ1) is 18.3. The molecular formula is C22H25BrFN3O. The summed E-state index contributed by atoms with van der Waals surface area (Å²) in [6, 6.07) is 6.68. The van der Waals surface area contributed by atoms with Gasteiger partial charge >= 0.3 is 0 Å². The Morgan fingerprint density at radius 3 is 2.46 bits per heavy atom. The van der Waals surface area contributed by atoms with Gasteiger partial charge in [0.2, 0.25) is 5.91 Å². The van der Waals surface area contributed by atoms with Crippen molar-refractivity contribution in [3.05, 3.63) is 46.3 Å². The molecule has 0 atom stereocenters. The number of aromatic nitrogens is 2. The Morgan fingerprint density at radius 2 is 1.82 bits per heavy atom. The van der Waals surface area contributed by atoms with E-state index in [1.807, 2.05) is 6.07 Å². The van der Waals surface area contributed by atoms with E-state index in [1.165, 1.54) is 44.6 Å². The highest BCUT2D eigenvalue weighted by Crippen LogP contribution is 2.61. The van der Waals surface area contributed by atoms with Crippen molar-refractivity contribution in [3.8, 4) is 0 Å². The van der Waals surface area contributed by atoms with Crippen LogP contribution in [-0.2, 0) is 11.3 Å². The van der Waals surface area contributed by atoms with Crippen LogP contribution in [0, 0.1) is 29.0 Å². The van der Waals surface area contributed by atoms with E-state index in [4.69, 9.17) is 0 Å². The molecule has 4 bridgehead atoms. The second-order valence-electron chi connectivity index (χ2n) is 9.26. The minimum absolute atomic E-state index is 0.0544. The number of hydrogen-bond donors (Lipinski definition) is 1. The lowest BCUT2D eigenvalue weighted by molar-refractivity contribution is -0.124. The van der Waals surface area contributed by atoms with E-state index in [0.717, 1.165) is 22.2 Å². The first-order chi connectivity index (χ1) is 13.5. The van der Waals surface area contributed by atoms with Crippen molar-refractivity contribution in [1.29, 1.82) is 0 Å². The maximum absolute atomic E-state index is 13.9. The van der Waals surface area contributed by atoms with E-state index in [-0.39, 0.29) is 17.1 Å². The van der Waals surface area contributed by atoms with Gasteiger partial charge in [0.1, 0.15) is 5.82 Å². The molecule has 1 heterocycles. The van der Waals surface area contributed by atoms with Crippen molar-refractivity contribution < 1.29 is 9.18 Å². The summed E-state index contributed by atoms with van der Waals surface area (Å²) in [6.45, 7) is 0.329. The Balaban J connectivity index is 1.26.